The topological polar surface area (TPSA) is 0 Å². The van der Waals surface area contributed by atoms with Gasteiger partial charge in [0.05, 0.1) is 0 Å². The van der Waals surface area contributed by atoms with Gasteiger partial charge in [-0.05, 0) is 49.1 Å². The van der Waals surface area contributed by atoms with Crippen molar-refractivity contribution in [3.63, 3.8) is 0 Å². The predicted molar refractivity (Wildman–Crippen MR) is 93.1 cm³/mol. The molecule has 0 bridgehead atoms. The number of hydrogen-bond donors (Lipinski definition) is 0. The van der Waals surface area contributed by atoms with Crippen molar-refractivity contribution >= 4 is 47.8 Å². The van der Waals surface area contributed by atoms with Crippen LogP contribution in [0.4, 0.5) is 0 Å². The zero-order valence-electron chi connectivity index (χ0n) is 10.9. The minimum atomic E-state index is 0.307. The second kappa shape index (κ2) is 6.55. The first-order chi connectivity index (χ1) is 8.97. The van der Waals surface area contributed by atoms with Gasteiger partial charge in [-0.1, -0.05) is 77.6 Å². The standard InChI is InChI=1S/C16H15Br3/c1-10-3-5-12(6-4-10)8-16(19)13-9-14(17)11(2)7-15(13)18/h3-7,9,16H,8H2,1-2H3. The first kappa shape index (κ1) is 15.3. The number of hydrogen-bond acceptors (Lipinski definition) is 0. The van der Waals surface area contributed by atoms with Crippen LogP contribution in [0, 0.1) is 13.8 Å². The van der Waals surface area contributed by atoms with E-state index in [1.165, 1.54) is 22.3 Å². The van der Waals surface area contributed by atoms with E-state index in [1.54, 1.807) is 0 Å². The summed E-state index contributed by atoms with van der Waals surface area (Å²) < 4.78 is 2.31. The summed E-state index contributed by atoms with van der Waals surface area (Å²) in [5, 5.41) is 0. The van der Waals surface area contributed by atoms with E-state index in [0.29, 0.717) is 4.83 Å². The minimum Gasteiger partial charge on any atom is -0.0835 e. The molecule has 0 spiro atoms. The van der Waals surface area contributed by atoms with Gasteiger partial charge in [0.15, 0.2) is 0 Å². The van der Waals surface area contributed by atoms with Crippen molar-refractivity contribution in [2.24, 2.45) is 0 Å². The lowest BCUT2D eigenvalue weighted by Crippen LogP contribution is -1.97. The Hall–Kier alpha value is -0.120. The van der Waals surface area contributed by atoms with Crippen molar-refractivity contribution in [1.82, 2.24) is 0 Å². The highest BCUT2D eigenvalue weighted by molar-refractivity contribution is 9.11. The molecule has 3 heteroatoms. The highest BCUT2D eigenvalue weighted by Crippen LogP contribution is 2.35. The van der Waals surface area contributed by atoms with Gasteiger partial charge in [-0.15, -0.1) is 0 Å². The fourth-order valence-corrected chi connectivity index (χ4v) is 4.10. The molecule has 0 saturated heterocycles. The largest absolute Gasteiger partial charge is 0.0835 e. The van der Waals surface area contributed by atoms with Gasteiger partial charge < -0.3 is 0 Å². The lowest BCUT2D eigenvalue weighted by molar-refractivity contribution is 0.940. The van der Waals surface area contributed by atoms with Crippen LogP contribution in [0.15, 0.2) is 45.3 Å². The molecular weight excluding hydrogens is 432 g/mol. The molecular formula is C16H15Br3. The lowest BCUT2D eigenvalue weighted by atomic mass is 10.0. The van der Waals surface area contributed by atoms with E-state index in [4.69, 9.17) is 0 Å². The minimum absolute atomic E-state index is 0.307. The third-order valence-electron chi connectivity index (χ3n) is 3.15. The predicted octanol–water partition coefficient (Wildman–Crippen LogP) is 6.51. The fourth-order valence-electron chi connectivity index (χ4n) is 1.94. The first-order valence-electron chi connectivity index (χ1n) is 6.12. The van der Waals surface area contributed by atoms with Gasteiger partial charge in [0.2, 0.25) is 0 Å². The highest BCUT2D eigenvalue weighted by Gasteiger charge is 2.13. The van der Waals surface area contributed by atoms with Gasteiger partial charge in [0.25, 0.3) is 0 Å². The van der Waals surface area contributed by atoms with Crippen LogP contribution in [0.2, 0.25) is 0 Å². The summed E-state index contributed by atoms with van der Waals surface area (Å²) in [6, 6.07) is 13.1. The highest BCUT2D eigenvalue weighted by atomic mass is 79.9. The quantitative estimate of drug-likeness (QED) is 0.471. The third kappa shape index (κ3) is 3.93. The fraction of sp³-hybridized carbons (Fsp3) is 0.250. The molecule has 0 aliphatic heterocycles. The van der Waals surface area contributed by atoms with E-state index in [-0.39, 0.29) is 0 Å². The Balaban J connectivity index is 2.22. The van der Waals surface area contributed by atoms with Crippen molar-refractivity contribution < 1.29 is 0 Å². The number of halogens is 3. The van der Waals surface area contributed by atoms with E-state index in [0.717, 1.165) is 15.4 Å². The van der Waals surface area contributed by atoms with Crippen molar-refractivity contribution in [2.75, 3.05) is 0 Å². The van der Waals surface area contributed by atoms with Crippen LogP contribution in [0.25, 0.3) is 0 Å². The Morgan fingerprint density at radius 3 is 2.21 bits per heavy atom. The lowest BCUT2D eigenvalue weighted by Gasteiger charge is -2.14. The van der Waals surface area contributed by atoms with Gasteiger partial charge >= 0.3 is 0 Å². The molecule has 0 N–H and O–H groups in total. The maximum absolute atomic E-state index is 3.80. The summed E-state index contributed by atoms with van der Waals surface area (Å²) in [6.45, 7) is 4.21. The summed E-state index contributed by atoms with van der Waals surface area (Å²) >= 11 is 11.1. The molecule has 0 amide bonds. The number of alkyl halides is 1. The Bertz CT molecular complexity index is 573. The molecule has 0 fully saturated rings. The van der Waals surface area contributed by atoms with E-state index in [1.807, 2.05) is 0 Å². The van der Waals surface area contributed by atoms with Gasteiger partial charge in [-0.3, -0.25) is 0 Å². The van der Waals surface area contributed by atoms with Crippen molar-refractivity contribution in [3.05, 3.63) is 67.6 Å². The van der Waals surface area contributed by atoms with Gasteiger partial charge in [-0.25, -0.2) is 0 Å². The maximum Gasteiger partial charge on any atom is 0.0447 e. The molecule has 2 rings (SSSR count). The molecule has 1 atom stereocenters. The zero-order valence-corrected chi connectivity index (χ0v) is 15.6. The van der Waals surface area contributed by atoms with Crippen LogP contribution in [0.1, 0.15) is 27.1 Å². The molecule has 1 unspecified atom stereocenters. The molecule has 100 valence electrons. The van der Waals surface area contributed by atoms with Gasteiger partial charge in [0, 0.05) is 13.8 Å². The van der Waals surface area contributed by atoms with Gasteiger partial charge in [-0.2, -0.15) is 0 Å². The Kier molecular flexibility index (Phi) is 5.27. The van der Waals surface area contributed by atoms with E-state index < -0.39 is 0 Å². The summed E-state index contributed by atoms with van der Waals surface area (Å²) in [6.07, 6.45) is 0.981. The number of benzene rings is 2. The SMILES string of the molecule is Cc1ccc(CC(Br)c2cc(Br)c(C)cc2Br)cc1. The molecule has 2 aromatic carbocycles. The van der Waals surface area contributed by atoms with Crippen molar-refractivity contribution in [2.45, 2.75) is 25.1 Å². The summed E-state index contributed by atoms with van der Waals surface area (Å²) in [4.78, 5) is 0.307. The summed E-state index contributed by atoms with van der Waals surface area (Å²) in [7, 11) is 0. The molecule has 0 heterocycles. The summed E-state index contributed by atoms with van der Waals surface area (Å²) in [5.41, 5.74) is 5.16. The molecule has 0 nitrogen and oxygen atoms in total. The molecule has 19 heavy (non-hydrogen) atoms. The maximum atomic E-state index is 3.80. The zero-order chi connectivity index (χ0) is 14.0. The second-order valence-corrected chi connectivity index (χ2v) is 7.59. The normalized spacial score (nSPS) is 12.5. The van der Waals surface area contributed by atoms with E-state index in [9.17, 15) is 0 Å². The van der Waals surface area contributed by atoms with Crippen LogP contribution >= 0.6 is 47.8 Å². The Morgan fingerprint density at radius 1 is 0.947 bits per heavy atom. The van der Waals surface area contributed by atoms with Crippen LogP contribution in [-0.2, 0) is 6.42 Å². The molecule has 0 aromatic heterocycles. The first-order valence-corrected chi connectivity index (χ1v) is 8.62. The molecule has 0 radical (unpaired) electrons. The molecule has 0 saturated carbocycles. The van der Waals surface area contributed by atoms with Crippen LogP contribution in [0.5, 0.6) is 0 Å². The summed E-state index contributed by atoms with van der Waals surface area (Å²) in [5.74, 6) is 0. The Morgan fingerprint density at radius 2 is 1.58 bits per heavy atom. The molecule has 0 aliphatic rings. The molecule has 2 aromatic rings. The van der Waals surface area contributed by atoms with Crippen molar-refractivity contribution in [1.29, 1.82) is 0 Å². The van der Waals surface area contributed by atoms with Crippen LogP contribution in [0.3, 0.4) is 0 Å². The number of rotatable bonds is 3. The van der Waals surface area contributed by atoms with Crippen LogP contribution in [-0.4, -0.2) is 0 Å². The van der Waals surface area contributed by atoms with Crippen LogP contribution < -0.4 is 0 Å². The van der Waals surface area contributed by atoms with Crippen molar-refractivity contribution in [3.8, 4) is 0 Å². The smallest absolute Gasteiger partial charge is 0.0447 e. The molecule has 0 aliphatic carbocycles. The van der Waals surface area contributed by atoms with Gasteiger partial charge in [0.1, 0.15) is 0 Å². The van der Waals surface area contributed by atoms with E-state index in [2.05, 4.69) is 98.0 Å². The average Bonchev–Trinajstić information content (AvgIpc) is 2.36. The average molecular weight is 447 g/mol. The monoisotopic (exact) mass is 444 g/mol. The Labute approximate surface area is 140 Å². The third-order valence-corrected chi connectivity index (χ3v) is 5.51. The second-order valence-electron chi connectivity index (χ2n) is 4.78. The number of aryl methyl sites for hydroxylation is 2. The van der Waals surface area contributed by atoms with E-state index >= 15 is 0 Å².